The summed E-state index contributed by atoms with van der Waals surface area (Å²) in [6, 6.07) is 13.2. The van der Waals surface area contributed by atoms with Crippen LogP contribution in [-0.2, 0) is 4.79 Å². The number of H-pyrrole nitrogens is 2. The minimum atomic E-state index is -0.302. The smallest absolute Gasteiger partial charge is 0.323 e. The number of nitrogens with zero attached hydrogens (tertiary/aromatic N) is 3. The first-order valence-corrected chi connectivity index (χ1v) is 9.99. The van der Waals surface area contributed by atoms with Crippen molar-refractivity contribution < 1.29 is 9.32 Å². The van der Waals surface area contributed by atoms with E-state index in [0.717, 1.165) is 10.2 Å². The number of hydrogen-bond acceptors (Lipinski definition) is 5. The van der Waals surface area contributed by atoms with E-state index >= 15 is 0 Å². The number of amides is 1. The molecule has 8 nitrogen and oxygen atoms in total. The molecule has 2 N–H and O–H groups in total. The van der Waals surface area contributed by atoms with Gasteiger partial charge in [0, 0.05) is 29.0 Å². The minimum Gasteiger partial charge on any atom is -0.334 e. The number of aromatic amines is 2. The molecule has 146 valence electrons. The lowest BCUT2D eigenvalue weighted by Crippen LogP contribution is -2.39. The van der Waals surface area contributed by atoms with Crippen LogP contribution in [-0.4, -0.2) is 32.6 Å². The summed E-state index contributed by atoms with van der Waals surface area (Å²) >= 11 is 3.44. The van der Waals surface area contributed by atoms with E-state index in [4.69, 9.17) is 4.52 Å². The van der Waals surface area contributed by atoms with E-state index in [9.17, 15) is 9.59 Å². The summed E-state index contributed by atoms with van der Waals surface area (Å²) in [6.45, 7) is 0.497. The fourth-order valence-electron chi connectivity index (χ4n) is 3.70. The van der Waals surface area contributed by atoms with Crippen molar-refractivity contribution in [1.82, 2.24) is 20.1 Å². The lowest BCUT2D eigenvalue weighted by molar-refractivity contribution is -0.119. The lowest BCUT2D eigenvalue weighted by Gasteiger charge is -2.31. The Morgan fingerprint density at radius 1 is 1.14 bits per heavy atom. The molecule has 0 aliphatic carbocycles. The minimum absolute atomic E-state index is 0.0293. The van der Waals surface area contributed by atoms with E-state index in [2.05, 4.69) is 36.0 Å². The summed E-state index contributed by atoms with van der Waals surface area (Å²) in [4.78, 5) is 36.0. The van der Waals surface area contributed by atoms with Crippen molar-refractivity contribution in [3.63, 3.8) is 0 Å². The predicted octanol–water partition coefficient (Wildman–Crippen LogP) is 3.58. The Bertz CT molecular complexity index is 1260. The van der Waals surface area contributed by atoms with Crippen molar-refractivity contribution in [3.05, 3.63) is 63.2 Å². The van der Waals surface area contributed by atoms with Crippen LogP contribution in [0.2, 0.25) is 0 Å². The number of benzene rings is 2. The van der Waals surface area contributed by atoms with Gasteiger partial charge in [-0.15, -0.1) is 0 Å². The van der Waals surface area contributed by atoms with Crippen molar-refractivity contribution >= 4 is 38.6 Å². The van der Waals surface area contributed by atoms with E-state index in [-0.39, 0.29) is 17.5 Å². The van der Waals surface area contributed by atoms with Crippen molar-refractivity contribution in [2.45, 2.75) is 18.8 Å². The third kappa shape index (κ3) is 3.27. The van der Waals surface area contributed by atoms with E-state index in [1.165, 1.54) is 0 Å². The molecule has 1 unspecified atom stereocenters. The summed E-state index contributed by atoms with van der Waals surface area (Å²) in [7, 11) is 0. The summed E-state index contributed by atoms with van der Waals surface area (Å²) < 4.78 is 6.31. The van der Waals surface area contributed by atoms with E-state index < -0.39 is 0 Å². The Labute approximate surface area is 173 Å². The maximum atomic E-state index is 12.4. The van der Waals surface area contributed by atoms with Crippen LogP contribution in [0.3, 0.4) is 0 Å². The Balaban J connectivity index is 1.48. The van der Waals surface area contributed by atoms with Crippen molar-refractivity contribution in [2.24, 2.45) is 0 Å². The van der Waals surface area contributed by atoms with Crippen molar-refractivity contribution in [3.8, 4) is 11.5 Å². The topological polar surface area (TPSA) is 108 Å². The van der Waals surface area contributed by atoms with Gasteiger partial charge in [0.15, 0.2) is 5.82 Å². The second-order valence-corrected chi connectivity index (χ2v) is 7.90. The Morgan fingerprint density at radius 2 is 1.97 bits per heavy atom. The van der Waals surface area contributed by atoms with E-state index in [0.29, 0.717) is 47.7 Å². The number of piperidine rings is 1. The molecule has 1 aliphatic rings. The van der Waals surface area contributed by atoms with Crippen LogP contribution in [0.1, 0.15) is 24.6 Å². The molecule has 0 saturated carbocycles. The van der Waals surface area contributed by atoms with Gasteiger partial charge in [0.05, 0.1) is 16.6 Å². The maximum Gasteiger partial charge on any atom is 0.323 e. The number of imidazole rings is 1. The van der Waals surface area contributed by atoms with Gasteiger partial charge >= 0.3 is 5.69 Å². The molecule has 5 rings (SSSR count). The highest BCUT2D eigenvalue weighted by Gasteiger charge is 2.31. The zero-order valence-corrected chi connectivity index (χ0v) is 16.8. The fourth-order valence-corrected chi connectivity index (χ4v) is 4.16. The van der Waals surface area contributed by atoms with Gasteiger partial charge < -0.3 is 19.4 Å². The third-order valence-corrected chi connectivity index (χ3v) is 5.56. The van der Waals surface area contributed by atoms with Crippen LogP contribution in [0.25, 0.3) is 22.5 Å². The molecular weight excluding hydrogens is 438 g/mol. The molecule has 9 heteroatoms. The molecule has 1 atom stereocenters. The molecule has 4 aromatic rings. The molecule has 1 amide bonds. The first-order valence-electron chi connectivity index (χ1n) is 9.19. The van der Waals surface area contributed by atoms with Gasteiger partial charge in [-0.1, -0.05) is 39.3 Å². The summed E-state index contributed by atoms with van der Waals surface area (Å²) in [5.74, 6) is 0.942. The van der Waals surface area contributed by atoms with Gasteiger partial charge in [0.1, 0.15) is 0 Å². The van der Waals surface area contributed by atoms with Crippen LogP contribution in [0.5, 0.6) is 0 Å². The summed E-state index contributed by atoms with van der Waals surface area (Å²) in [5, 5.41) is 4.17. The molecule has 1 fully saturated rings. The zero-order chi connectivity index (χ0) is 20.0. The normalized spacial score (nSPS) is 17.2. The second-order valence-electron chi connectivity index (χ2n) is 6.99. The quantitative estimate of drug-likeness (QED) is 0.492. The maximum absolute atomic E-state index is 12.4. The number of fused-ring (bicyclic) bond motifs is 1. The number of carbonyl (C=O) groups is 1. The SMILES string of the molecule is O=C1CCC(c2noc(-c3cc(Br)cc4[nH]c(=O)[nH]c34)n2)CN1c1ccccc1. The number of para-hydroxylation sites is 1. The summed E-state index contributed by atoms with van der Waals surface area (Å²) in [5.41, 5.74) is 2.46. The monoisotopic (exact) mass is 453 g/mol. The highest BCUT2D eigenvalue weighted by atomic mass is 79.9. The van der Waals surface area contributed by atoms with Crippen LogP contribution < -0.4 is 10.6 Å². The average molecular weight is 454 g/mol. The second kappa shape index (κ2) is 7.00. The Morgan fingerprint density at radius 3 is 2.79 bits per heavy atom. The molecule has 2 aromatic heterocycles. The highest BCUT2D eigenvalue weighted by Crippen LogP contribution is 2.33. The first-order chi connectivity index (χ1) is 14.1. The largest absolute Gasteiger partial charge is 0.334 e. The van der Waals surface area contributed by atoms with Gasteiger partial charge in [0.2, 0.25) is 5.91 Å². The molecular formula is C20H16BrN5O3. The Hall–Kier alpha value is -3.20. The number of carbonyl (C=O) groups excluding carboxylic acids is 1. The van der Waals surface area contributed by atoms with Crippen LogP contribution in [0.4, 0.5) is 5.69 Å². The van der Waals surface area contributed by atoms with E-state index in [1.807, 2.05) is 36.4 Å². The number of nitrogens with one attached hydrogen (secondary N) is 2. The number of anilines is 1. The molecule has 1 aliphatic heterocycles. The zero-order valence-electron chi connectivity index (χ0n) is 15.2. The molecule has 0 radical (unpaired) electrons. The molecule has 1 saturated heterocycles. The Kier molecular flexibility index (Phi) is 4.31. The van der Waals surface area contributed by atoms with Crippen LogP contribution in [0.15, 0.2) is 56.3 Å². The van der Waals surface area contributed by atoms with Crippen molar-refractivity contribution in [2.75, 3.05) is 11.4 Å². The molecule has 3 heterocycles. The standard InChI is InChI=1S/C20H16BrN5O3/c21-12-8-14(17-15(9-12)22-20(28)23-17)19-24-18(25-29-19)11-6-7-16(27)26(10-11)13-4-2-1-3-5-13/h1-5,8-9,11H,6-7,10H2,(H2,22,23,28). The van der Waals surface area contributed by atoms with Gasteiger partial charge in [0.25, 0.3) is 5.89 Å². The van der Waals surface area contributed by atoms with Crippen LogP contribution in [0, 0.1) is 0 Å². The van der Waals surface area contributed by atoms with Crippen LogP contribution >= 0.6 is 15.9 Å². The van der Waals surface area contributed by atoms with Crippen molar-refractivity contribution in [1.29, 1.82) is 0 Å². The highest BCUT2D eigenvalue weighted by molar-refractivity contribution is 9.10. The number of hydrogen-bond donors (Lipinski definition) is 2. The van der Waals surface area contributed by atoms with Gasteiger partial charge in [-0.05, 0) is 30.7 Å². The first kappa shape index (κ1) is 17.9. The number of aromatic nitrogens is 4. The predicted molar refractivity (Wildman–Crippen MR) is 111 cm³/mol. The molecule has 0 spiro atoms. The number of rotatable bonds is 3. The lowest BCUT2D eigenvalue weighted by atomic mass is 9.96. The van der Waals surface area contributed by atoms with E-state index in [1.54, 1.807) is 11.0 Å². The third-order valence-electron chi connectivity index (χ3n) is 5.11. The summed E-state index contributed by atoms with van der Waals surface area (Å²) in [6.07, 6.45) is 1.09. The van der Waals surface area contributed by atoms with Gasteiger partial charge in [-0.2, -0.15) is 4.98 Å². The van der Waals surface area contributed by atoms with Gasteiger partial charge in [-0.25, -0.2) is 4.79 Å². The average Bonchev–Trinajstić information content (AvgIpc) is 3.34. The fraction of sp³-hybridized carbons (Fsp3) is 0.200. The molecule has 29 heavy (non-hydrogen) atoms. The molecule has 0 bridgehead atoms. The molecule has 2 aromatic carbocycles. The number of halogens is 1. The van der Waals surface area contributed by atoms with Gasteiger partial charge in [-0.3, -0.25) is 4.79 Å².